The molecule has 2 aromatic rings. The summed E-state index contributed by atoms with van der Waals surface area (Å²) in [5.41, 5.74) is 2.38. The lowest BCUT2D eigenvalue weighted by Crippen LogP contribution is -2.38. The molecule has 0 aromatic heterocycles. The third kappa shape index (κ3) is 5.61. The van der Waals surface area contributed by atoms with E-state index < -0.39 is 6.10 Å². The van der Waals surface area contributed by atoms with Crippen molar-refractivity contribution in [1.29, 1.82) is 0 Å². The summed E-state index contributed by atoms with van der Waals surface area (Å²) in [7, 11) is 0. The normalized spacial score (nSPS) is 11.6. The van der Waals surface area contributed by atoms with E-state index in [4.69, 9.17) is 9.47 Å². The minimum Gasteiger partial charge on any atom is -0.492 e. The van der Waals surface area contributed by atoms with Crippen LogP contribution in [0.3, 0.4) is 0 Å². The zero-order valence-electron chi connectivity index (χ0n) is 14.5. The number of rotatable bonds is 8. The van der Waals surface area contributed by atoms with Crippen molar-refractivity contribution in [3.05, 3.63) is 59.7 Å². The second-order valence-corrected chi connectivity index (χ2v) is 5.71. The number of hydrogen-bond acceptors (Lipinski definition) is 3. The number of ether oxygens (including phenoxy) is 2. The fraction of sp³-hybridized carbons (Fsp3) is 0.350. The summed E-state index contributed by atoms with van der Waals surface area (Å²) in [5, 5.41) is 2.82. The maximum absolute atomic E-state index is 12.0. The van der Waals surface area contributed by atoms with E-state index in [1.54, 1.807) is 6.92 Å². The minimum atomic E-state index is -0.546. The first-order chi connectivity index (χ1) is 11.6. The molecule has 128 valence electrons. The van der Waals surface area contributed by atoms with E-state index in [0.29, 0.717) is 18.9 Å². The quantitative estimate of drug-likeness (QED) is 0.755. The van der Waals surface area contributed by atoms with Crippen molar-refractivity contribution in [2.75, 3.05) is 13.2 Å². The Morgan fingerprint density at radius 2 is 1.88 bits per heavy atom. The van der Waals surface area contributed by atoms with Crippen LogP contribution < -0.4 is 14.8 Å². The van der Waals surface area contributed by atoms with Crippen LogP contribution in [-0.2, 0) is 11.2 Å². The molecule has 0 aliphatic carbocycles. The molecule has 0 fully saturated rings. The van der Waals surface area contributed by atoms with Crippen molar-refractivity contribution < 1.29 is 14.3 Å². The van der Waals surface area contributed by atoms with Gasteiger partial charge >= 0.3 is 0 Å². The molecule has 1 N–H and O–H groups in total. The predicted octanol–water partition coefficient (Wildman–Crippen LogP) is 3.52. The van der Waals surface area contributed by atoms with E-state index in [2.05, 4.69) is 12.2 Å². The molecule has 2 aromatic carbocycles. The van der Waals surface area contributed by atoms with Gasteiger partial charge in [0, 0.05) is 0 Å². The highest BCUT2D eigenvalue weighted by Gasteiger charge is 2.14. The Balaban J connectivity index is 1.70. The smallest absolute Gasteiger partial charge is 0.260 e. The van der Waals surface area contributed by atoms with Crippen LogP contribution in [0.4, 0.5) is 0 Å². The van der Waals surface area contributed by atoms with Gasteiger partial charge in [-0.2, -0.15) is 0 Å². The molecular weight excluding hydrogens is 302 g/mol. The van der Waals surface area contributed by atoms with Crippen LogP contribution in [0.15, 0.2) is 48.5 Å². The van der Waals surface area contributed by atoms with Gasteiger partial charge in [-0.25, -0.2) is 0 Å². The van der Waals surface area contributed by atoms with Gasteiger partial charge in [0.15, 0.2) is 6.10 Å². The molecule has 1 amide bonds. The Bertz CT molecular complexity index is 652. The zero-order valence-corrected chi connectivity index (χ0v) is 14.5. The molecule has 1 unspecified atom stereocenters. The first-order valence-corrected chi connectivity index (χ1v) is 8.31. The Hall–Kier alpha value is -2.49. The van der Waals surface area contributed by atoms with Crippen molar-refractivity contribution in [3.63, 3.8) is 0 Å². The summed E-state index contributed by atoms with van der Waals surface area (Å²) < 4.78 is 11.3. The second kappa shape index (κ2) is 8.96. The van der Waals surface area contributed by atoms with Crippen LogP contribution in [0, 0.1) is 6.92 Å². The molecule has 4 heteroatoms. The van der Waals surface area contributed by atoms with E-state index in [1.165, 1.54) is 5.56 Å². The number of hydrogen-bond donors (Lipinski definition) is 1. The second-order valence-electron chi connectivity index (χ2n) is 5.71. The summed E-state index contributed by atoms with van der Waals surface area (Å²) in [6, 6.07) is 15.6. The maximum atomic E-state index is 12.0. The van der Waals surface area contributed by atoms with Crippen LogP contribution in [-0.4, -0.2) is 25.2 Å². The highest BCUT2D eigenvalue weighted by molar-refractivity contribution is 5.80. The number of nitrogens with one attached hydrogen (secondary N) is 1. The average Bonchev–Trinajstić information content (AvgIpc) is 2.59. The van der Waals surface area contributed by atoms with Crippen molar-refractivity contribution in [2.24, 2.45) is 0 Å². The fourth-order valence-corrected chi connectivity index (χ4v) is 2.25. The Kier molecular flexibility index (Phi) is 6.67. The molecule has 0 saturated carbocycles. The monoisotopic (exact) mass is 327 g/mol. The highest BCUT2D eigenvalue weighted by Crippen LogP contribution is 2.14. The summed E-state index contributed by atoms with van der Waals surface area (Å²) in [6.45, 7) is 6.71. The molecular formula is C20H25NO3. The fourth-order valence-electron chi connectivity index (χ4n) is 2.25. The van der Waals surface area contributed by atoms with Crippen LogP contribution in [0.25, 0.3) is 0 Å². The largest absolute Gasteiger partial charge is 0.492 e. The van der Waals surface area contributed by atoms with E-state index in [0.717, 1.165) is 17.7 Å². The Labute approximate surface area is 143 Å². The van der Waals surface area contributed by atoms with E-state index in [-0.39, 0.29) is 5.91 Å². The van der Waals surface area contributed by atoms with E-state index in [9.17, 15) is 4.79 Å². The van der Waals surface area contributed by atoms with Crippen molar-refractivity contribution in [3.8, 4) is 11.5 Å². The Morgan fingerprint density at radius 1 is 1.12 bits per heavy atom. The number of aryl methyl sites for hydroxylation is 2. The molecule has 0 aliphatic rings. The molecule has 0 saturated heterocycles. The summed E-state index contributed by atoms with van der Waals surface area (Å²) in [5.74, 6) is 1.36. The van der Waals surface area contributed by atoms with Crippen LogP contribution >= 0.6 is 0 Å². The number of carbonyl (C=O) groups excluding carboxylic acids is 1. The lowest BCUT2D eigenvalue weighted by molar-refractivity contribution is -0.127. The van der Waals surface area contributed by atoms with Gasteiger partial charge in [-0.05, 0) is 55.7 Å². The topological polar surface area (TPSA) is 47.6 Å². The third-order valence-corrected chi connectivity index (χ3v) is 3.67. The van der Waals surface area contributed by atoms with Gasteiger partial charge in [0.05, 0.1) is 6.54 Å². The van der Waals surface area contributed by atoms with Gasteiger partial charge in [-0.1, -0.05) is 31.2 Å². The predicted molar refractivity (Wildman–Crippen MR) is 95.6 cm³/mol. The Morgan fingerprint density at radius 3 is 2.54 bits per heavy atom. The van der Waals surface area contributed by atoms with Gasteiger partial charge in [-0.15, -0.1) is 0 Å². The van der Waals surface area contributed by atoms with Crippen molar-refractivity contribution >= 4 is 5.91 Å². The van der Waals surface area contributed by atoms with Crippen LogP contribution in [0.2, 0.25) is 0 Å². The van der Waals surface area contributed by atoms with Crippen molar-refractivity contribution in [2.45, 2.75) is 33.3 Å². The molecule has 24 heavy (non-hydrogen) atoms. The van der Waals surface area contributed by atoms with Gasteiger partial charge < -0.3 is 14.8 Å². The highest BCUT2D eigenvalue weighted by atomic mass is 16.5. The first kappa shape index (κ1) is 17.9. The molecule has 0 spiro atoms. The van der Waals surface area contributed by atoms with Crippen molar-refractivity contribution in [1.82, 2.24) is 5.32 Å². The molecule has 0 bridgehead atoms. The summed E-state index contributed by atoms with van der Waals surface area (Å²) >= 11 is 0. The SMILES string of the molecule is CCc1ccc(OCCNC(=O)C(C)Oc2cccc(C)c2)cc1. The number of amides is 1. The molecule has 1 atom stereocenters. The molecule has 4 nitrogen and oxygen atoms in total. The van der Waals surface area contributed by atoms with Gasteiger partial charge in [0.1, 0.15) is 18.1 Å². The minimum absolute atomic E-state index is 0.151. The van der Waals surface area contributed by atoms with Gasteiger partial charge in [0.25, 0.3) is 5.91 Å². The molecule has 0 aliphatic heterocycles. The van der Waals surface area contributed by atoms with Crippen LogP contribution in [0.1, 0.15) is 25.0 Å². The third-order valence-electron chi connectivity index (χ3n) is 3.67. The van der Waals surface area contributed by atoms with E-state index in [1.807, 2.05) is 55.5 Å². The van der Waals surface area contributed by atoms with E-state index >= 15 is 0 Å². The zero-order chi connectivity index (χ0) is 17.4. The lowest BCUT2D eigenvalue weighted by Gasteiger charge is -2.15. The van der Waals surface area contributed by atoms with Gasteiger partial charge in [-0.3, -0.25) is 4.79 Å². The number of carbonyl (C=O) groups is 1. The summed E-state index contributed by atoms with van der Waals surface area (Å²) in [6.07, 6.45) is 0.463. The molecule has 2 rings (SSSR count). The van der Waals surface area contributed by atoms with Gasteiger partial charge in [0.2, 0.25) is 0 Å². The lowest BCUT2D eigenvalue weighted by atomic mass is 10.2. The first-order valence-electron chi connectivity index (χ1n) is 8.31. The summed E-state index contributed by atoms with van der Waals surface area (Å²) in [4.78, 5) is 12.0. The standard InChI is InChI=1S/C20H25NO3/c1-4-17-8-10-18(11-9-17)23-13-12-21-20(22)16(3)24-19-7-5-6-15(2)14-19/h5-11,14,16H,4,12-13H2,1-3H3,(H,21,22). The maximum Gasteiger partial charge on any atom is 0.260 e. The number of benzene rings is 2. The average molecular weight is 327 g/mol. The molecule has 0 radical (unpaired) electrons. The van der Waals surface area contributed by atoms with Crippen LogP contribution in [0.5, 0.6) is 11.5 Å². The molecule has 0 heterocycles.